The molecule has 1 aliphatic rings. The Morgan fingerprint density at radius 3 is 2.68 bits per heavy atom. The Morgan fingerprint density at radius 2 is 2.04 bits per heavy atom. The number of benzene rings is 1. The van der Waals surface area contributed by atoms with Crippen LogP contribution in [0.3, 0.4) is 0 Å². The summed E-state index contributed by atoms with van der Waals surface area (Å²) >= 11 is 0. The van der Waals surface area contributed by atoms with Crippen LogP contribution in [-0.4, -0.2) is 59.7 Å². The van der Waals surface area contributed by atoms with Gasteiger partial charge in [-0.25, -0.2) is 4.79 Å². The van der Waals surface area contributed by atoms with Crippen LogP contribution in [0.1, 0.15) is 33.3 Å². The molecule has 1 fully saturated rings. The number of amides is 1. The van der Waals surface area contributed by atoms with Crippen LogP contribution in [0.2, 0.25) is 0 Å². The molecule has 1 aliphatic heterocycles. The molecule has 25 heavy (non-hydrogen) atoms. The summed E-state index contributed by atoms with van der Waals surface area (Å²) in [6, 6.07) is 9.86. The predicted molar refractivity (Wildman–Crippen MR) is 94.3 cm³/mol. The summed E-state index contributed by atoms with van der Waals surface area (Å²) < 4.78 is 16.9. The Hall–Kier alpha value is -1.63. The minimum Gasteiger partial charge on any atom is -0.444 e. The normalized spacial score (nSPS) is 24.7. The summed E-state index contributed by atoms with van der Waals surface area (Å²) in [4.78, 5) is 13.9. The third kappa shape index (κ3) is 7.02. The van der Waals surface area contributed by atoms with Gasteiger partial charge in [-0.3, -0.25) is 0 Å². The summed E-state index contributed by atoms with van der Waals surface area (Å²) in [6.45, 7) is 8.54. The first-order valence-electron chi connectivity index (χ1n) is 8.58. The van der Waals surface area contributed by atoms with E-state index in [1.165, 1.54) is 4.90 Å². The van der Waals surface area contributed by atoms with Crippen molar-refractivity contribution >= 4 is 6.09 Å². The average Bonchev–Trinajstić information content (AvgIpc) is 2.65. The number of carbonyl (C=O) groups excluding carboxylic acids is 1. The van der Waals surface area contributed by atoms with Crippen LogP contribution in [-0.2, 0) is 20.8 Å². The topological polar surface area (TPSA) is 68.2 Å². The molecule has 2 rings (SSSR count). The molecule has 0 aliphatic carbocycles. The van der Waals surface area contributed by atoms with Gasteiger partial charge in [0.2, 0.25) is 0 Å². The molecule has 0 unspecified atom stereocenters. The fourth-order valence-electron chi connectivity index (χ4n) is 2.57. The third-order valence-corrected chi connectivity index (χ3v) is 3.65. The number of β-amino-alcohol motifs (C(OH)–C–C–N with tert-alkyl or cyclic N) is 1. The highest BCUT2D eigenvalue weighted by atomic mass is 16.6. The van der Waals surface area contributed by atoms with E-state index in [0.717, 1.165) is 5.56 Å². The zero-order chi connectivity index (χ0) is 18.5. The summed E-state index contributed by atoms with van der Waals surface area (Å²) in [7, 11) is 0. The third-order valence-electron chi connectivity index (χ3n) is 3.65. The molecule has 0 spiro atoms. The van der Waals surface area contributed by atoms with E-state index in [1.54, 1.807) is 6.92 Å². The zero-order valence-corrected chi connectivity index (χ0v) is 15.5. The maximum atomic E-state index is 12.4. The molecular weight excluding hydrogens is 322 g/mol. The minimum absolute atomic E-state index is 0.145. The van der Waals surface area contributed by atoms with Gasteiger partial charge < -0.3 is 24.2 Å². The van der Waals surface area contributed by atoms with Crippen molar-refractivity contribution in [3.05, 3.63) is 35.9 Å². The van der Waals surface area contributed by atoms with Gasteiger partial charge in [0.05, 0.1) is 39.0 Å². The molecule has 0 aromatic heterocycles. The van der Waals surface area contributed by atoms with Crippen molar-refractivity contribution < 1.29 is 24.1 Å². The van der Waals surface area contributed by atoms with Gasteiger partial charge >= 0.3 is 6.09 Å². The lowest BCUT2D eigenvalue weighted by molar-refractivity contribution is -0.0658. The Balaban J connectivity index is 1.93. The second kappa shape index (κ2) is 8.17. The van der Waals surface area contributed by atoms with Crippen LogP contribution in [0.5, 0.6) is 0 Å². The molecule has 2 atom stereocenters. The van der Waals surface area contributed by atoms with Crippen molar-refractivity contribution in [2.24, 2.45) is 0 Å². The standard InChI is InChI=1S/C19H29NO5/c1-18(2,3)25-17(21)20-10-16(24-14-19(4,22)13-20)12-23-11-15-8-6-5-7-9-15/h5-9,16,22H,10-14H2,1-4H3/t16-,19-/m0/s1. The smallest absolute Gasteiger partial charge is 0.410 e. The van der Waals surface area contributed by atoms with Crippen molar-refractivity contribution in [3.63, 3.8) is 0 Å². The van der Waals surface area contributed by atoms with Gasteiger partial charge in [-0.05, 0) is 33.3 Å². The van der Waals surface area contributed by atoms with Gasteiger partial charge in [0.1, 0.15) is 11.2 Å². The zero-order valence-electron chi connectivity index (χ0n) is 15.5. The predicted octanol–water partition coefficient (Wildman–Crippen LogP) is 2.59. The maximum absolute atomic E-state index is 12.4. The highest BCUT2D eigenvalue weighted by molar-refractivity contribution is 5.68. The highest BCUT2D eigenvalue weighted by Crippen LogP contribution is 2.18. The SMILES string of the molecule is CC(C)(C)OC(=O)N1C[C@@H](COCc2ccccc2)OC[C@@](C)(O)C1. The van der Waals surface area contributed by atoms with Crippen LogP contribution in [0.4, 0.5) is 4.79 Å². The Labute approximate surface area is 149 Å². The molecule has 6 nitrogen and oxygen atoms in total. The first-order valence-corrected chi connectivity index (χ1v) is 8.58. The summed E-state index contributed by atoms with van der Waals surface area (Å²) in [6.07, 6.45) is -0.767. The van der Waals surface area contributed by atoms with Crippen LogP contribution in [0.25, 0.3) is 0 Å². The number of ether oxygens (including phenoxy) is 3. The van der Waals surface area contributed by atoms with Crippen LogP contribution < -0.4 is 0 Å². The van der Waals surface area contributed by atoms with Gasteiger partial charge in [0.15, 0.2) is 0 Å². The molecule has 1 aromatic carbocycles. The number of carbonyl (C=O) groups is 1. The van der Waals surface area contributed by atoms with Crippen LogP contribution in [0.15, 0.2) is 30.3 Å². The molecule has 0 saturated carbocycles. The molecule has 0 bridgehead atoms. The number of rotatable bonds is 4. The van der Waals surface area contributed by atoms with Crippen molar-refractivity contribution in [2.75, 3.05) is 26.3 Å². The van der Waals surface area contributed by atoms with Crippen molar-refractivity contribution in [1.29, 1.82) is 0 Å². The summed E-state index contributed by atoms with van der Waals surface area (Å²) in [5, 5.41) is 10.4. The monoisotopic (exact) mass is 351 g/mol. The fourth-order valence-corrected chi connectivity index (χ4v) is 2.57. The molecule has 1 amide bonds. The second-order valence-corrected chi connectivity index (χ2v) is 7.79. The molecule has 140 valence electrons. The van der Waals surface area contributed by atoms with E-state index < -0.39 is 17.3 Å². The van der Waals surface area contributed by atoms with Gasteiger partial charge in [0, 0.05) is 0 Å². The minimum atomic E-state index is -1.12. The first kappa shape index (κ1) is 19.7. The molecule has 1 saturated heterocycles. The number of nitrogens with zero attached hydrogens (tertiary/aromatic N) is 1. The first-order chi connectivity index (χ1) is 11.6. The van der Waals surface area contributed by atoms with Crippen LogP contribution >= 0.6 is 0 Å². The van der Waals surface area contributed by atoms with Gasteiger partial charge in [-0.2, -0.15) is 0 Å². The van der Waals surface area contributed by atoms with Gasteiger partial charge in [-0.1, -0.05) is 30.3 Å². The number of hydrogen-bond donors (Lipinski definition) is 1. The van der Waals surface area contributed by atoms with Crippen molar-refractivity contribution in [2.45, 2.75) is 51.6 Å². The van der Waals surface area contributed by atoms with Gasteiger partial charge in [-0.15, -0.1) is 0 Å². The lowest BCUT2D eigenvalue weighted by Crippen LogP contribution is -2.46. The largest absolute Gasteiger partial charge is 0.444 e. The lowest BCUT2D eigenvalue weighted by Gasteiger charge is -2.30. The Kier molecular flexibility index (Phi) is 6.43. The van der Waals surface area contributed by atoms with E-state index in [2.05, 4.69) is 0 Å². The van der Waals surface area contributed by atoms with E-state index in [-0.39, 0.29) is 19.3 Å². The van der Waals surface area contributed by atoms with E-state index in [1.807, 2.05) is 51.1 Å². The van der Waals surface area contributed by atoms with Crippen molar-refractivity contribution in [1.82, 2.24) is 4.90 Å². The van der Waals surface area contributed by atoms with Gasteiger partial charge in [0.25, 0.3) is 0 Å². The lowest BCUT2D eigenvalue weighted by atomic mass is 10.1. The fraction of sp³-hybridized carbons (Fsp3) is 0.632. The number of aliphatic hydroxyl groups is 1. The Bertz CT molecular complexity index is 553. The molecule has 1 heterocycles. The quantitative estimate of drug-likeness (QED) is 0.903. The molecule has 1 aromatic rings. The molecule has 0 radical (unpaired) electrons. The molecule has 6 heteroatoms. The van der Waals surface area contributed by atoms with E-state index in [9.17, 15) is 9.90 Å². The van der Waals surface area contributed by atoms with E-state index in [0.29, 0.717) is 19.8 Å². The van der Waals surface area contributed by atoms with E-state index >= 15 is 0 Å². The number of hydrogen-bond acceptors (Lipinski definition) is 5. The van der Waals surface area contributed by atoms with Crippen LogP contribution in [0, 0.1) is 0 Å². The second-order valence-electron chi connectivity index (χ2n) is 7.79. The Morgan fingerprint density at radius 1 is 1.36 bits per heavy atom. The van der Waals surface area contributed by atoms with E-state index in [4.69, 9.17) is 14.2 Å². The van der Waals surface area contributed by atoms with Crippen molar-refractivity contribution in [3.8, 4) is 0 Å². The summed E-state index contributed by atoms with van der Waals surface area (Å²) in [5.41, 5.74) is -0.632. The summed E-state index contributed by atoms with van der Waals surface area (Å²) in [5.74, 6) is 0. The molecular formula is C19H29NO5. The average molecular weight is 351 g/mol. The maximum Gasteiger partial charge on any atom is 0.410 e. The highest BCUT2D eigenvalue weighted by Gasteiger charge is 2.35. The molecule has 1 N–H and O–H groups in total.